The van der Waals surface area contributed by atoms with Crippen molar-refractivity contribution < 1.29 is 9.59 Å². The van der Waals surface area contributed by atoms with Crippen LogP contribution in [0.4, 0.5) is 0 Å². The minimum absolute atomic E-state index is 0.242. The van der Waals surface area contributed by atoms with Gasteiger partial charge in [-0.3, -0.25) is 4.79 Å². The third kappa shape index (κ3) is 3.13. The number of hydrogen-bond acceptors (Lipinski definition) is 3. The van der Waals surface area contributed by atoms with Crippen molar-refractivity contribution >= 4 is 12.1 Å². The van der Waals surface area contributed by atoms with E-state index in [0.717, 1.165) is 19.3 Å². The molecule has 70 valence electrons. The fraction of sp³-hybridized carbons (Fsp3) is 0.778. The third-order valence-electron chi connectivity index (χ3n) is 2.06. The van der Waals surface area contributed by atoms with Crippen LogP contribution in [0.5, 0.6) is 0 Å². The fourth-order valence-electron chi connectivity index (χ4n) is 0.985. The van der Waals surface area contributed by atoms with Gasteiger partial charge < -0.3 is 10.5 Å². The number of ketones is 1. The Balaban J connectivity index is 3.97. The number of nitrogens with two attached hydrogens (primary N) is 1. The Morgan fingerprint density at radius 2 is 2.08 bits per heavy atom. The van der Waals surface area contributed by atoms with E-state index >= 15 is 0 Å². The predicted molar refractivity (Wildman–Crippen MR) is 47.8 cm³/mol. The number of carbonyl (C=O) groups is 2. The molecule has 0 saturated heterocycles. The van der Waals surface area contributed by atoms with Crippen LogP contribution in [0.3, 0.4) is 0 Å². The van der Waals surface area contributed by atoms with Crippen molar-refractivity contribution in [2.45, 2.75) is 45.1 Å². The highest BCUT2D eigenvalue weighted by molar-refractivity contribution is 6.01. The second-order valence-electron chi connectivity index (χ2n) is 3.17. The van der Waals surface area contributed by atoms with Gasteiger partial charge in [0.2, 0.25) is 0 Å². The normalized spacial score (nSPS) is 15.2. The third-order valence-corrected chi connectivity index (χ3v) is 2.06. The number of rotatable bonds is 6. The Morgan fingerprint density at radius 1 is 1.50 bits per heavy atom. The van der Waals surface area contributed by atoms with Crippen molar-refractivity contribution in [2.75, 3.05) is 0 Å². The van der Waals surface area contributed by atoms with Gasteiger partial charge in [-0.1, -0.05) is 26.2 Å². The zero-order chi connectivity index (χ0) is 9.61. The average Bonchev–Trinajstić information content (AvgIpc) is 2.04. The largest absolute Gasteiger partial charge is 0.313 e. The first-order chi connectivity index (χ1) is 5.56. The van der Waals surface area contributed by atoms with Gasteiger partial charge in [-0.25, -0.2) is 0 Å². The average molecular weight is 171 g/mol. The Kier molecular flexibility index (Phi) is 4.74. The molecule has 12 heavy (non-hydrogen) atoms. The number of unbranched alkanes of at least 4 members (excludes halogenated alkanes) is 2. The van der Waals surface area contributed by atoms with E-state index < -0.39 is 5.54 Å². The molecule has 0 aromatic carbocycles. The van der Waals surface area contributed by atoms with E-state index in [2.05, 4.69) is 6.92 Å². The molecule has 0 fully saturated rings. The van der Waals surface area contributed by atoms with Crippen molar-refractivity contribution in [3.05, 3.63) is 0 Å². The molecule has 0 saturated carbocycles. The molecular weight excluding hydrogens is 154 g/mol. The van der Waals surface area contributed by atoms with Gasteiger partial charge >= 0.3 is 0 Å². The van der Waals surface area contributed by atoms with Crippen LogP contribution in [0.1, 0.15) is 39.5 Å². The summed E-state index contributed by atoms with van der Waals surface area (Å²) in [5, 5.41) is 0. The van der Waals surface area contributed by atoms with Crippen molar-refractivity contribution in [2.24, 2.45) is 5.73 Å². The lowest BCUT2D eigenvalue weighted by atomic mass is 9.91. The van der Waals surface area contributed by atoms with Crippen LogP contribution in [0.2, 0.25) is 0 Å². The zero-order valence-corrected chi connectivity index (χ0v) is 7.80. The Bertz CT molecular complexity index is 168. The van der Waals surface area contributed by atoms with E-state index in [1.54, 1.807) is 0 Å². The van der Waals surface area contributed by atoms with E-state index in [0.29, 0.717) is 12.7 Å². The SMILES string of the molecule is CCCCCC(N)(C=O)C(C)=O. The quantitative estimate of drug-likeness (QED) is 0.369. The molecule has 0 radical (unpaired) electrons. The molecule has 0 aliphatic heterocycles. The van der Waals surface area contributed by atoms with E-state index in [1.165, 1.54) is 6.92 Å². The Morgan fingerprint density at radius 3 is 2.42 bits per heavy atom. The molecule has 3 nitrogen and oxygen atoms in total. The van der Waals surface area contributed by atoms with Gasteiger partial charge in [-0.15, -0.1) is 0 Å². The summed E-state index contributed by atoms with van der Waals surface area (Å²) in [6.45, 7) is 3.42. The van der Waals surface area contributed by atoms with Gasteiger partial charge in [0, 0.05) is 0 Å². The smallest absolute Gasteiger partial charge is 0.156 e. The zero-order valence-electron chi connectivity index (χ0n) is 7.80. The minimum Gasteiger partial charge on any atom is -0.313 e. The molecule has 0 aliphatic carbocycles. The number of aldehydes is 1. The van der Waals surface area contributed by atoms with E-state index in [4.69, 9.17) is 5.73 Å². The van der Waals surface area contributed by atoms with Crippen LogP contribution >= 0.6 is 0 Å². The fourth-order valence-corrected chi connectivity index (χ4v) is 0.985. The van der Waals surface area contributed by atoms with Crippen LogP contribution in [0.25, 0.3) is 0 Å². The molecule has 3 heteroatoms. The highest BCUT2D eigenvalue weighted by Crippen LogP contribution is 2.11. The summed E-state index contributed by atoms with van der Waals surface area (Å²) < 4.78 is 0. The molecule has 1 unspecified atom stereocenters. The van der Waals surface area contributed by atoms with Gasteiger partial charge in [-0.2, -0.15) is 0 Å². The van der Waals surface area contributed by atoms with Crippen LogP contribution in [-0.4, -0.2) is 17.6 Å². The van der Waals surface area contributed by atoms with Gasteiger partial charge in [-0.05, 0) is 13.3 Å². The topological polar surface area (TPSA) is 60.2 Å². The van der Waals surface area contributed by atoms with E-state index in [-0.39, 0.29) is 5.78 Å². The first-order valence-electron chi connectivity index (χ1n) is 4.33. The lowest BCUT2D eigenvalue weighted by molar-refractivity contribution is -0.127. The molecule has 2 N–H and O–H groups in total. The van der Waals surface area contributed by atoms with Crippen molar-refractivity contribution in [1.29, 1.82) is 0 Å². The summed E-state index contributed by atoms with van der Waals surface area (Å²) in [5.41, 5.74) is 4.34. The van der Waals surface area contributed by atoms with Gasteiger partial charge in [0.05, 0.1) is 0 Å². The second-order valence-corrected chi connectivity index (χ2v) is 3.17. The highest BCUT2D eigenvalue weighted by Gasteiger charge is 2.28. The summed E-state index contributed by atoms with van der Waals surface area (Å²) in [6, 6.07) is 0. The summed E-state index contributed by atoms with van der Waals surface area (Å²) in [6.07, 6.45) is 3.95. The maximum atomic E-state index is 10.9. The van der Waals surface area contributed by atoms with E-state index in [9.17, 15) is 9.59 Å². The minimum atomic E-state index is -1.23. The number of Topliss-reactive ketones (excluding diaryl/α,β-unsaturated/α-hetero) is 1. The maximum absolute atomic E-state index is 10.9. The summed E-state index contributed by atoms with van der Waals surface area (Å²) in [4.78, 5) is 21.5. The number of hydrogen-bond donors (Lipinski definition) is 1. The molecule has 1 atom stereocenters. The molecular formula is C9H17NO2. The van der Waals surface area contributed by atoms with Gasteiger partial charge in [0.15, 0.2) is 5.78 Å². The number of carbonyl (C=O) groups excluding carboxylic acids is 2. The first kappa shape index (κ1) is 11.3. The monoisotopic (exact) mass is 171 g/mol. The first-order valence-corrected chi connectivity index (χ1v) is 4.33. The predicted octanol–water partition coefficient (Wildman–Crippen LogP) is 1.05. The molecule has 0 aliphatic rings. The summed E-state index contributed by atoms with van der Waals surface area (Å²) >= 11 is 0. The van der Waals surface area contributed by atoms with Crippen molar-refractivity contribution in [1.82, 2.24) is 0 Å². The molecule has 0 spiro atoms. The summed E-state index contributed by atoms with van der Waals surface area (Å²) in [7, 11) is 0. The summed E-state index contributed by atoms with van der Waals surface area (Å²) in [5.74, 6) is -0.242. The maximum Gasteiger partial charge on any atom is 0.156 e. The van der Waals surface area contributed by atoms with Crippen LogP contribution in [0, 0.1) is 0 Å². The molecule has 0 amide bonds. The van der Waals surface area contributed by atoms with Crippen LogP contribution in [-0.2, 0) is 9.59 Å². The molecule has 0 heterocycles. The molecule has 0 rings (SSSR count). The van der Waals surface area contributed by atoms with Gasteiger partial charge in [0.1, 0.15) is 11.8 Å². The lowest BCUT2D eigenvalue weighted by Gasteiger charge is -2.18. The van der Waals surface area contributed by atoms with Crippen molar-refractivity contribution in [3.63, 3.8) is 0 Å². The van der Waals surface area contributed by atoms with Gasteiger partial charge in [0.25, 0.3) is 0 Å². The standard InChI is InChI=1S/C9H17NO2/c1-3-4-5-6-9(10,7-11)8(2)12/h7H,3-6,10H2,1-2H3. The molecule has 0 aromatic rings. The van der Waals surface area contributed by atoms with Crippen LogP contribution < -0.4 is 5.73 Å². The van der Waals surface area contributed by atoms with Crippen molar-refractivity contribution in [3.8, 4) is 0 Å². The Labute approximate surface area is 73.3 Å². The second kappa shape index (κ2) is 5.04. The van der Waals surface area contributed by atoms with Crippen LogP contribution in [0.15, 0.2) is 0 Å². The Hall–Kier alpha value is -0.700. The molecule has 0 aromatic heterocycles. The lowest BCUT2D eigenvalue weighted by Crippen LogP contribution is -2.48. The highest BCUT2D eigenvalue weighted by atomic mass is 16.1. The molecule has 0 bridgehead atoms. The van der Waals surface area contributed by atoms with E-state index in [1.807, 2.05) is 0 Å².